The number of carbonyl (C=O) groups is 2. The minimum Gasteiger partial charge on any atom is -0.844 e. The minimum atomic E-state index is -2.63. The molecule has 0 radical (unpaired) electrons. The number of hydrogen-bond acceptors (Lipinski definition) is 4. The third-order valence-electron chi connectivity index (χ3n) is 0.762. The Bertz CT molecular complexity index is 143. The SMILES string of the molecule is O.O.O=C(O)[C@H]([O-])[C@@H]([O-])C(=O)O.[Na+].[Na+]. The summed E-state index contributed by atoms with van der Waals surface area (Å²) in [5.74, 6) is -3.88. The Kier molecular flexibility index (Phi) is 28.9. The zero-order valence-corrected chi connectivity index (χ0v) is 11.7. The maximum absolute atomic E-state index is 10.1. The Hall–Kier alpha value is 0.780. The van der Waals surface area contributed by atoms with Crippen LogP contribution in [0.5, 0.6) is 0 Å². The quantitative estimate of drug-likeness (QED) is 0.453. The monoisotopic (exact) mass is 230 g/mol. The predicted molar refractivity (Wildman–Crippen MR) is 30.1 cm³/mol. The molecule has 0 aliphatic heterocycles. The van der Waals surface area contributed by atoms with Gasteiger partial charge in [0.05, 0.1) is 0 Å². The smallest absolute Gasteiger partial charge is 0.844 e. The summed E-state index contributed by atoms with van der Waals surface area (Å²) < 4.78 is 0. The fraction of sp³-hybridized carbons (Fsp3) is 0.500. The van der Waals surface area contributed by atoms with Crippen LogP contribution in [0.3, 0.4) is 0 Å². The van der Waals surface area contributed by atoms with E-state index < -0.39 is 24.1 Å². The number of hydrogen-bond donors (Lipinski definition) is 2. The van der Waals surface area contributed by atoms with Gasteiger partial charge < -0.3 is 31.4 Å². The van der Waals surface area contributed by atoms with Crippen LogP contribution in [0.1, 0.15) is 0 Å². The molecule has 74 valence electrons. The Morgan fingerprint density at radius 1 is 0.857 bits per heavy atom. The van der Waals surface area contributed by atoms with Gasteiger partial charge in [-0.05, 0) is 12.2 Å². The van der Waals surface area contributed by atoms with E-state index in [0.717, 1.165) is 0 Å². The van der Waals surface area contributed by atoms with E-state index in [9.17, 15) is 19.8 Å². The molecule has 0 saturated heterocycles. The Morgan fingerprint density at radius 2 is 1.00 bits per heavy atom. The molecule has 0 aliphatic rings. The van der Waals surface area contributed by atoms with Crippen LogP contribution in [0.25, 0.3) is 0 Å². The van der Waals surface area contributed by atoms with Crippen LogP contribution in [0, 0.1) is 0 Å². The molecular weight excluding hydrogens is 222 g/mol. The first-order valence-corrected chi connectivity index (χ1v) is 2.24. The van der Waals surface area contributed by atoms with Crippen molar-refractivity contribution in [2.75, 3.05) is 0 Å². The topological polar surface area (TPSA) is 184 Å². The molecule has 8 nitrogen and oxygen atoms in total. The van der Waals surface area contributed by atoms with Gasteiger partial charge in [-0.15, -0.1) is 0 Å². The van der Waals surface area contributed by atoms with Crippen LogP contribution in [-0.2, 0) is 9.59 Å². The van der Waals surface area contributed by atoms with E-state index in [4.69, 9.17) is 10.2 Å². The number of rotatable bonds is 3. The van der Waals surface area contributed by atoms with Crippen LogP contribution < -0.4 is 69.3 Å². The molecule has 0 spiro atoms. The minimum absolute atomic E-state index is 0. The van der Waals surface area contributed by atoms with Crippen molar-refractivity contribution in [3.63, 3.8) is 0 Å². The fourth-order valence-electron chi connectivity index (χ4n) is 0.259. The number of carboxylic acid groups (broad SMARTS) is 2. The van der Waals surface area contributed by atoms with Crippen molar-refractivity contribution in [2.24, 2.45) is 0 Å². The molecule has 10 heteroatoms. The van der Waals surface area contributed by atoms with Crippen LogP contribution in [-0.4, -0.2) is 45.3 Å². The summed E-state index contributed by atoms with van der Waals surface area (Å²) in [5.41, 5.74) is 0. The summed E-state index contributed by atoms with van der Waals surface area (Å²) in [4.78, 5) is 19.3. The zero-order chi connectivity index (χ0) is 8.31. The van der Waals surface area contributed by atoms with E-state index >= 15 is 0 Å². The summed E-state index contributed by atoms with van der Waals surface area (Å²) in [6.45, 7) is 0. The van der Waals surface area contributed by atoms with Crippen molar-refractivity contribution in [1.29, 1.82) is 0 Å². The molecule has 2 atom stereocenters. The maximum atomic E-state index is 10.1. The summed E-state index contributed by atoms with van der Waals surface area (Å²) in [6.07, 6.45) is -5.25. The third-order valence-corrected chi connectivity index (χ3v) is 0.762. The van der Waals surface area contributed by atoms with Crippen molar-refractivity contribution < 1.29 is 100 Å². The summed E-state index contributed by atoms with van der Waals surface area (Å²) in [6, 6.07) is 0. The van der Waals surface area contributed by atoms with Crippen molar-refractivity contribution in [3.05, 3.63) is 0 Å². The molecule has 14 heavy (non-hydrogen) atoms. The van der Waals surface area contributed by atoms with Crippen LogP contribution in [0.4, 0.5) is 0 Å². The van der Waals surface area contributed by atoms with Gasteiger partial charge in [0.25, 0.3) is 11.9 Å². The van der Waals surface area contributed by atoms with E-state index in [-0.39, 0.29) is 70.1 Å². The van der Waals surface area contributed by atoms with Crippen LogP contribution in [0.15, 0.2) is 0 Å². The van der Waals surface area contributed by atoms with Gasteiger partial charge in [0.15, 0.2) is 0 Å². The summed E-state index contributed by atoms with van der Waals surface area (Å²) >= 11 is 0. The number of aliphatic carboxylic acids is 2. The molecule has 0 aliphatic carbocycles. The van der Waals surface area contributed by atoms with Crippen LogP contribution >= 0.6 is 0 Å². The average Bonchev–Trinajstić information content (AvgIpc) is 1.84. The van der Waals surface area contributed by atoms with E-state index in [0.29, 0.717) is 0 Å². The molecule has 0 fully saturated rings. The molecular formula is C4H8Na2O8. The molecule has 0 aromatic rings. The van der Waals surface area contributed by atoms with Gasteiger partial charge in [-0.2, -0.15) is 0 Å². The molecule has 0 aromatic carbocycles. The van der Waals surface area contributed by atoms with Crippen molar-refractivity contribution >= 4 is 11.9 Å². The van der Waals surface area contributed by atoms with Gasteiger partial charge >= 0.3 is 59.1 Å². The number of carboxylic acids is 2. The zero-order valence-electron chi connectivity index (χ0n) is 7.68. The van der Waals surface area contributed by atoms with Crippen molar-refractivity contribution in [2.45, 2.75) is 12.2 Å². The summed E-state index contributed by atoms with van der Waals surface area (Å²) in [5, 5.41) is 35.8. The third kappa shape index (κ3) is 10.9. The second-order valence-corrected chi connectivity index (χ2v) is 1.52. The Balaban J connectivity index is -0.0000000675. The van der Waals surface area contributed by atoms with Gasteiger partial charge in [-0.3, -0.25) is 9.59 Å². The Morgan fingerprint density at radius 3 is 1.07 bits per heavy atom. The normalized spacial score (nSPS) is 11.3. The Labute approximate surface area is 123 Å². The van der Waals surface area contributed by atoms with Gasteiger partial charge in [0.2, 0.25) is 0 Å². The van der Waals surface area contributed by atoms with Gasteiger partial charge in [-0.25, -0.2) is 0 Å². The molecule has 0 unspecified atom stereocenters. The average molecular weight is 230 g/mol. The second kappa shape index (κ2) is 13.8. The van der Waals surface area contributed by atoms with E-state index in [2.05, 4.69) is 0 Å². The molecule has 0 amide bonds. The second-order valence-electron chi connectivity index (χ2n) is 1.52. The fourth-order valence-corrected chi connectivity index (χ4v) is 0.259. The first kappa shape index (κ1) is 29.3. The van der Waals surface area contributed by atoms with Gasteiger partial charge in [0, 0.05) is 0 Å². The summed E-state index contributed by atoms with van der Waals surface area (Å²) in [7, 11) is 0. The molecule has 0 bridgehead atoms. The molecule has 0 aromatic heterocycles. The van der Waals surface area contributed by atoms with E-state index in [1.165, 1.54) is 0 Å². The predicted octanol–water partition coefficient (Wildman–Crippen LogP) is -11.0. The largest absolute Gasteiger partial charge is 1.00 e. The molecule has 0 rings (SSSR count). The van der Waals surface area contributed by atoms with Crippen molar-refractivity contribution in [1.82, 2.24) is 0 Å². The first-order valence-electron chi connectivity index (χ1n) is 2.24. The van der Waals surface area contributed by atoms with Gasteiger partial charge in [0.1, 0.15) is 0 Å². The molecule has 6 N–H and O–H groups in total. The van der Waals surface area contributed by atoms with Crippen LogP contribution in [0.2, 0.25) is 0 Å². The van der Waals surface area contributed by atoms with Gasteiger partial charge in [-0.1, -0.05) is 0 Å². The molecule has 0 saturated carbocycles. The molecule has 0 heterocycles. The van der Waals surface area contributed by atoms with Crippen molar-refractivity contribution in [3.8, 4) is 0 Å². The van der Waals surface area contributed by atoms with E-state index in [1.54, 1.807) is 0 Å². The van der Waals surface area contributed by atoms with E-state index in [1.807, 2.05) is 0 Å². The first-order chi connectivity index (χ1) is 4.46. The standard InChI is InChI=1S/C4H4O6.2Na.2H2O/c5-1(3(7)8)2(6)4(9)10;;;;/h1-2H,(H,7,8)(H,9,10);;;2*1H2/q-2;2*+1;;/t1-,2-;;;;/m1..../s1. The maximum Gasteiger partial charge on any atom is 1.00 e.